The smallest absolute Gasteiger partial charge is 0.547 e. The predicted octanol–water partition coefficient (Wildman–Crippen LogP) is -2.91. The molecule has 0 radical (unpaired) electrons. The van der Waals surface area contributed by atoms with Crippen molar-refractivity contribution in [2.45, 2.75) is 38.5 Å². The summed E-state index contributed by atoms with van der Waals surface area (Å²) in [6, 6.07) is 0. The minimum absolute atomic E-state index is 0. The van der Waals surface area contributed by atoms with Crippen LogP contribution >= 0.6 is 0 Å². The first-order chi connectivity index (χ1) is 7.14. The zero-order chi connectivity index (χ0) is 12.6. The molecule has 0 spiro atoms. The van der Waals surface area contributed by atoms with Crippen LogP contribution in [0.1, 0.15) is 27.2 Å². The minimum atomic E-state index is -2.45. The fraction of sp³-hybridized carbons (Fsp3) is 0.800. The first kappa shape index (κ1) is 16.3. The van der Waals surface area contributed by atoms with E-state index >= 15 is 0 Å². The van der Waals surface area contributed by atoms with Crippen LogP contribution in [0.4, 0.5) is 9.18 Å². The van der Waals surface area contributed by atoms with Gasteiger partial charge in [0.1, 0.15) is 5.60 Å². The Labute approximate surface area is 111 Å². The number of hydrogen-bond acceptors (Lipinski definition) is 4. The number of nitrogens with zero attached hydrogens (tertiary/aromatic N) is 1. The average Bonchev–Trinajstić information content (AvgIpc) is 2.46. The van der Waals surface area contributed by atoms with Gasteiger partial charge in [-0.1, -0.05) is 0 Å². The number of rotatable bonds is 1. The van der Waals surface area contributed by atoms with Gasteiger partial charge < -0.3 is 19.5 Å². The number of carboxylic acid groups (broad SMARTS) is 1. The number of likely N-dealkylation sites (tertiary alicyclic amines) is 1. The number of amides is 1. The van der Waals surface area contributed by atoms with Crippen LogP contribution in [0.5, 0.6) is 0 Å². The molecule has 0 aromatic heterocycles. The number of aliphatic carboxylic acids is 1. The topological polar surface area (TPSA) is 69.7 Å². The third kappa shape index (κ3) is 4.21. The van der Waals surface area contributed by atoms with Crippen molar-refractivity contribution in [1.82, 2.24) is 4.90 Å². The number of carbonyl (C=O) groups is 2. The zero-order valence-electron chi connectivity index (χ0n) is 10.6. The Morgan fingerprint density at radius 1 is 1.41 bits per heavy atom. The Morgan fingerprint density at radius 3 is 2.29 bits per heavy atom. The van der Waals surface area contributed by atoms with Gasteiger partial charge in [-0.3, -0.25) is 0 Å². The van der Waals surface area contributed by atoms with E-state index in [9.17, 15) is 19.1 Å². The summed E-state index contributed by atoms with van der Waals surface area (Å²) in [5.41, 5.74) is -3.13. The number of ether oxygens (including phenoxy) is 1. The molecule has 0 bridgehead atoms. The molecule has 1 saturated heterocycles. The third-order valence-corrected chi connectivity index (χ3v) is 2.24. The molecule has 17 heavy (non-hydrogen) atoms. The van der Waals surface area contributed by atoms with Crippen LogP contribution in [0.2, 0.25) is 0 Å². The molecule has 1 aliphatic heterocycles. The summed E-state index contributed by atoms with van der Waals surface area (Å²) >= 11 is 0. The van der Waals surface area contributed by atoms with Gasteiger partial charge in [0, 0.05) is 13.0 Å². The molecule has 5 nitrogen and oxygen atoms in total. The number of carboxylic acids is 1. The number of hydrogen-bond donors (Lipinski definition) is 0. The molecule has 0 aromatic carbocycles. The van der Waals surface area contributed by atoms with Gasteiger partial charge in [0.25, 0.3) is 0 Å². The van der Waals surface area contributed by atoms with Crippen molar-refractivity contribution in [3.05, 3.63) is 0 Å². The Bertz CT molecular complexity index is 318. The van der Waals surface area contributed by atoms with Gasteiger partial charge in [-0.05, 0) is 20.8 Å². The van der Waals surface area contributed by atoms with E-state index in [1.54, 1.807) is 20.8 Å². The van der Waals surface area contributed by atoms with Gasteiger partial charge in [-0.2, -0.15) is 0 Å². The molecule has 1 aliphatic rings. The third-order valence-electron chi connectivity index (χ3n) is 2.24. The van der Waals surface area contributed by atoms with E-state index in [2.05, 4.69) is 0 Å². The van der Waals surface area contributed by atoms with Gasteiger partial charge in [0.2, 0.25) is 0 Å². The van der Waals surface area contributed by atoms with E-state index in [4.69, 9.17) is 4.74 Å². The van der Waals surface area contributed by atoms with Crippen molar-refractivity contribution in [2.75, 3.05) is 13.1 Å². The van der Waals surface area contributed by atoms with E-state index in [0.29, 0.717) is 0 Å². The summed E-state index contributed by atoms with van der Waals surface area (Å²) in [6.07, 6.45) is -0.956. The van der Waals surface area contributed by atoms with Crippen LogP contribution in [0.15, 0.2) is 0 Å². The van der Waals surface area contributed by atoms with Crippen LogP contribution in [0.25, 0.3) is 0 Å². The number of alkyl halides is 1. The quantitative estimate of drug-likeness (QED) is 0.460. The fourth-order valence-electron chi connectivity index (χ4n) is 1.42. The predicted molar refractivity (Wildman–Crippen MR) is 51.3 cm³/mol. The molecule has 0 N–H and O–H groups in total. The SMILES string of the molecule is CC(C)(C)OC(=O)N1CCC(F)(C(=O)[O-])C1.[Li+]. The normalized spacial score (nSPS) is 24.1. The summed E-state index contributed by atoms with van der Waals surface area (Å²) in [5, 5.41) is 10.5. The first-order valence-corrected chi connectivity index (χ1v) is 5.02. The maximum Gasteiger partial charge on any atom is 1.00 e. The molecule has 1 heterocycles. The Kier molecular flexibility index (Phi) is 5.05. The van der Waals surface area contributed by atoms with Crippen molar-refractivity contribution in [1.29, 1.82) is 0 Å². The monoisotopic (exact) mass is 239 g/mol. The van der Waals surface area contributed by atoms with Crippen LogP contribution in [-0.2, 0) is 9.53 Å². The molecule has 0 aliphatic carbocycles. The molecule has 92 valence electrons. The van der Waals surface area contributed by atoms with Crippen molar-refractivity contribution < 1.29 is 42.7 Å². The van der Waals surface area contributed by atoms with Crippen LogP contribution in [0.3, 0.4) is 0 Å². The van der Waals surface area contributed by atoms with Gasteiger partial charge >= 0.3 is 25.0 Å². The van der Waals surface area contributed by atoms with Crippen molar-refractivity contribution in [3.8, 4) is 0 Å². The summed E-state index contributed by atoms with van der Waals surface area (Å²) in [7, 11) is 0. The maximum atomic E-state index is 13.6. The summed E-state index contributed by atoms with van der Waals surface area (Å²) in [4.78, 5) is 23.0. The summed E-state index contributed by atoms with van der Waals surface area (Å²) in [6.45, 7) is 4.57. The van der Waals surface area contributed by atoms with E-state index < -0.39 is 29.9 Å². The second kappa shape index (κ2) is 5.28. The molecule has 1 rings (SSSR count). The molecule has 1 amide bonds. The Balaban J connectivity index is 0.00000256. The molecule has 0 aromatic rings. The average molecular weight is 239 g/mol. The van der Waals surface area contributed by atoms with Gasteiger partial charge in [-0.15, -0.1) is 0 Å². The van der Waals surface area contributed by atoms with Crippen molar-refractivity contribution in [3.63, 3.8) is 0 Å². The van der Waals surface area contributed by atoms with E-state index in [-0.39, 0.29) is 31.8 Å². The second-order valence-corrected chi connectivity index (χ2v) is 4.90. The minimum Gasteiger partial charge on any atom is -0.547 e. The summed E-state index contributed by atoms with van der Waals surface area (Å²) in [5.74, 6) is -1.78. The standard InChI is InChI=1S/C10H16FNO4.Li/c1-9(2,3)16-8(15)12-5-4-10(11,6-12)7(13)14;/h4-6H2,1-3H3,(H,13,14);/q;+1/p-1. The molecular formula is C10H15FLiNO4. The van der Waals surface area contributed by atoms with E-state index in [1.807, 2.05) is 0 Å². The largest absolute Gasteiger partial charge is 1.00 e. The summed E-state index contributed by atoms with van der Waals surface area (Å²) < 4.78 is 18.6. The number of halogens is 1. The zero-order valence-corrected chi connectivity index (χ0v) is 10.6. The molecule has 7 heteroatoms. The molecular weight excluding hydrogens is 224 g/mol. The fourth-order valence-corrected chi connectivity index (χ4v) is 1.42. The van der Waals surface area contributed by atoms with E-state index in [0.717, 1.165) is 4.90 Å². The van der Waals surface area contributed by atoms with Crippen molar-refractivity contribution in [2.24, 2.45) is 0 Å². The van der Waals surface area contributed by atoms with Crippen LogP contribution in [-0.4, -0.2) is 41.3 Å². The second-order valence-electron chi connectivity index (χ2n) is 4.90. The molecule has 1 unspecified atom stereocenters. The van der Waals surface area contributed by atoms with Gasteiger partial charge in [0.05, 0.1) is 12.5 Å². The van der Waals surface area contributed by atoms with Crippen molar-refractivity contribution >= 4 is 12.1 Å². The first-order valence-electron chi connectivity index (χ1n) is 5.02. The van der Waals surface area contributed by atoms with Crippen LogP contribution < -0.4 is 24.0 Å². The Morgan fingerprint density at radius 2 is 1.94 bits per heavy atom. The van der Waals surface area contributed by atoms with Gasteiger partial charge in [0.15, 0.2) is 5.67 Å². The number of carbonyl (C=O) groups excluding carboxylic acids is 2. The molecule has 0 saturated carbocycles. The molecule has 1 atom stereocenters. The Hall–Kier alpha value is -0.733. The van der Waals surface area contributed by atoms with Crippen LogP contribution in [0, 0.1) is 0 Å². The van der Waals surface area contributed by atoms with E-state index in [1.165, 1.54) is 0 Å². The maximum absolute atomic E-state index is 13.6. The van der Waals surface area contributed by atoms with Gasteiger partial charge in [-0.25, -0.2) is 9.18 Å². The molecule has 1 fully saturated rings.